The highest BCUT2D eigenvalue weighted by atomic mass is 32.2. The molecule has 0 unspecified atom stereocenters. The lowest BCUT2D eigenvalue weighted by Gasteiger charge is -2.16. The van der Waals surface area contributed by atoms with Gasteiger partial charge in [0.25, 0.3) is 0 Å². The fourth-order valence-electron chi connectivity index (χ4n) is 3.26. The number of nitrogens with zero attached hydrogens (tertiary/aromatic N) is 2. The molecule has 0 aliphatic heterocycles. The molecule has 1 N–H and O–H groups in total. The van der Waals surface area contributed by atoms with Gasteiger partial charge in [-0.1, -0.05) is 31.2 Å². The number of nitrogens with one attached hydrogen (secondary N) is 1. The van der Waals surface area contributed by atoms with E-state index in [1.807, 2.05) is 0 Å². The molecule has 0 amide bonds. The van der Waals surface area contributed by atoms with Gasteiger partial charge in [-0.3, -0.25) is 9.48 Å². The standard InChI is InChI=1S/C21H22F3N3O4S/c1-3-32(29,30)12-11-27-18-15(8-6-10-17(18)31-2)19(28)20(26-27)25-13-14-7-4-5-9-16(14)21(22,23)24/h4-10H,3,11-13H2,1-2H3,(H,25,26). The van der Waals surface area contributed by atoms with Crippen LogP contribution in [0.15, 0.2) is 47.3 Å². The summed E-state index contributed by atoms with van der Waals surface area (Å²) in [5, 5.41) is 7.12. The third-order valence-electron chi connectivity index (χ3n) is 4.98. The van der Waals surface area contributed by atoms with Crippen LogP contribution in [0.4, 0.5) is 19.0 Å². The Morgan fingerprint density at radius 2 is 1.84 bits per heavy atom. The van der Waals surface area contributed by atoms with E-state index in [0.717, 1.165) is 6.07 Å². The Hall–Kier alpha value is -3.08. The normalized spacial score (nSPS) is 12.2. The van der Waals surface area contributed by atoms with Crippen LogP contribution in [-0.4, -0.2) is 36.8 Å². The molecule has 0 saturated heterocycles. The number of fused-ring (bicyclic) bond motifs is 1. The van der Waals surface area contributed by atoms with Gasteiger partial charge in [0, 0.05) is 12.3 Å². The van der Waals surface area contributed by atoms with Crippen LogP contribution in [-0.2, 0) is 29.1 Å². The lowest BCUT2D eigenvalue weighted by atomic mass is 10.1. The second-order valence-corrected chi connectivity index (χ2v) is 9.47. The first-order valence-corrected chi connectivity index (χ1v) is 11.6. The molecule has 0 atom stereocenters. The number of para-hydroxylation sites is 1. The van der Waals surface area contributed by atoms with E-state index in [0.29, 0.717) is 11.3 Å². The number of alkyl halides is 3. The molecular weight excluding hydrogens is 447 g/mol. The number of methoxy groups -OCH3 is 1. The van der Waals surface area contributed by atoms with Gasteiger partial charge in [0.1, 0.15) is 11.3 Å². The molecule has 0 radical (unpaired) electrons. The van der Waals surface area contributed by atoms with E-state index < -0.39 is 27.0 Å². The Balaban J connectivity index is 2.05. The Kier molecular flexibility index (Phi) is 6.77. The van der Waals surface area contributed by atoms with Crippen LogP contribution < -0.4 is 15.5 Å². The second kappa shape index (κ2) is 9.19. The summed E-state index contributed by atoms with van der Waals surface area (Å²) in [7, 11) is -1.92. The molecule has 0 bridgehead atoms. The van der Waals surface area contributed by atoms with E-state index in [1.54, 1.807) is 12.1 Å². The van der Waals surface area contributed by atoms with Gasteiger partial charge in [-0.25, -0.2) is 8.42 Å². The number of aromatic nitrogens is 2. The van der Waals surface area contributed by atoms with Crippen LogP contribution in [0.25, 0.3) is 10.9 Å². The predicted octanol–water partition coefficient (Wildman–Crippen LogP) is 3.47. The van der Waals surface area contributed by atoms with Crippen molar-refractivity contribution in [1.82, 2.24) is 9.78 Å². The molecule has 7 nitrogen and oxygen atoms in total. The van der Waals surface area contributed by atoms with Crippen molar-refractivity contribution in [2.45, 2.75) is 26.2 Å². The van der Waals surface area contributed by atoms with Crippen molar-refractivity contribution in [2.75, 3.05) is 23.9 Å². The molecule has 0 spiro atoms. The zero-order valence-corrected chi connectivity index (χ0v) is 18.3. The molecule has 0 aliphatic carbocycles. The summed E-state index contributed by atoms with van der Waals surface area (Å²) in [6.45, 7) is 1.18. The van der Waals surface area contributed by atoms with Crippen LogP contribution in [0.1, 0.15) is 18.1 Å². The van der Waals surface area contributed by atoms with Crippen LogP contribution >= 0.6 is 0 Å². The average Bonchev–Trinajstić information content (AvgIpc) is 2.77. The van der Waals surface area contributed by atoms with Crippen molar-refractivity contribution < 1.29 is 26.3 Å². The number of hydrogen-bond acceptors (Lipinski definition) is 6. The fraction of sp³-hybridized carbons (Fsp3) is 0.333. The van der Waals surface area contributed by atoms with Gasteiger partial charge in [0.15, 0.2) is 15.7 Å². The molecule has 0 aliphatic rings. The summed E-state index contributed by atoms with van der Waals surface area (Å²) in [6, 6.07) is 9.77. The number of benzene rings is 2. The van der Waals surface area contributed by atoms with Crippen molar-refractivity contribution in [2.24, 2.45) is 0 Å². The van der Waals surface area contributed by atoms with Crippen LogP contribution in [0.5, 0.6) is 5.75 Å². The monoisotopic (exact) mass is 469 g/mol. The van der Waals surface area contributed by atoms with Gasteiger partial charge >= 0.3 is 6.18 Å². The third-order valence-corrected chi connectivity index (χ3v) is 6.66. The summed E-state index contributed by atoms with van der Waals surface area (Å²) in [6.07, 6.45) is -4.54. The minimum Gasteiger partial charge on any atom is -0.494 e. The lowest BCUT2D eigenvalue weighted by molar-refractivity contribution is -0.138. The maximum atomic E-state index is 13.3. The van der Waals surface area contributed by atoms with Gasteiger partial charge < -0.3 is 10.1 Å². The quantitative estimate of drug-likeness (QED) is 0.543. The van der Waals surface area contributed by atoms with Crippen molar-refractivity contribution in [3.05, 3.63) is 63.8 Å². The Bertz CT molecular complexity index is 1290. The molecule has 0 saturated carbocycles. The SMILES string of the molecule is CCS(=O)(=O)CCn1nc(NCc2ccccc2C(F)(F)F)c(=O)c2cccc(OC)c21. The summed E-state index contributed by atoms with van der Waals surface area (Å²) < 4.78 is 70.5. The molecule has 172 valence electrons. The van der Waals surface area contributed by atoms with Crippen molar-refractivity contribution in [3.8, 4) is 5.75 Å². The smallest absolute Gasteiger partial charge is 0.416 e. The van der Waals surface area contributed by atoms with Gasteiger partial charge in [0.05, 0.1) is 30.4 Å². The number of halogens is 3. The topological polar surface area (TPSA) is 90.3 Å². The zero-order valence-electron chi connectivity index (χ0n) is 17.4. The molecule has 32 heavy (non-hydrogen) atoms. The van der Waals surface area contributed by atoms with E-state index in [9.17, 15) is 26.4 Å². The number of rotatable bonds is 8. The maximum Gasteiger partial charge on any atom is 0.416 e. The molecule has 11 heteroatoms. The number of hydrogen-bond donors (Lipinski definition) is 1. The maximum absolute atomic E-state index is 13.3. The predicted molar refractivity (Wildman–Crippen MR) is 116 cm³/mol. The Labute approximate surface area is 182 Å². The first-order chi connectivity index (χ1) is 15.1. The van der Waals surface area contributed by atoms with Gasteiger partial charge in [-0.2, -0.15) is 18.3 Å². The van der Waals surface area contributed by atoms with Gasteiger partial charge in [-0.05, 0) is 23.8 Å². The zero-order chi connectivity index (χ0) is 23.5. The molecule has 0 fully saturated rings. The summed E-state index contributed by atoms with van der Waals surface area (Å²) in [4.78, 5) is 13.0. The number of anilines is 1. The molecule has 3 rings (SSSR count). The molecule has 1 aromatic heterocycles. The first-order valence-electron chi connectivity index (χ1n) is 9.74. The van der Waals surface area contributed by atoms with Crippen LogP contribution in [0, 0.1) is 0 Å². The summed E-state index contributed by atoms with van der Waals surface area (Å²) in [5.41, 5.74) is -1.08. The minimum absolute atomic E-state index is 0.0490. The van der Waals surface area contributed by atoms with Crippen molar-refractivity contribution in [1.29, 1.82) is 0 Å². The van der Waals surface area contributed by atoms with Crippen molar-refractivity contribution in [3.63, 3.8) is 0 Å². The van der Waals surface area contributed by atoms with E-state index in [-0.39, 0.29) is 41.4 Å². The Morgan fingerprint density at radius 1 is 1.12 bits per heavy atom. The van der Waals surface area contributed by atoms with Gasteiger partial charge in [-0.15, -0.1) is 0 Å². The molecule has 2 aromatic carbocycles. The lowest BCUT2D eigenvalue weighted by Crippen LogP contribution is -2.23. The van der Waals surface area contributed by atoms with Crippen LogP contribution in [0.3, 0.4) is 0 Å². The largest absolute Gasteiger partial charge is 0.494 e. The third kappa shape index (κ3) is 5.04. The Morgan fingerprint density at radius 3 is 2.50 bits per heavy atom. The highest BCUT2D eigenvalue weighted by Crippen LogP contribution is 2.32. The van der Waals surface area contributed by atoms with E-state index >= 15 is 0 Å². The average molecular weight is 469 g/mol. The minimum atomic E-state index is -4.54. The van der Waals surface area contributed by atoms with Crippen molar-refractivity contribution >= 4 is 26.6 Å². The van der Waals surface area contributed by atoms with E-state index in [4.69, 9.17) is 4.74 Å². The summed E-state index contributed by atoms with van der Waals surface area (Å²) in [5.74, 6) is -0.128. The van der Waals surface area contributed by atoms with E-state index in [1.165, 1.54) is 43.0 Å². The molecule has 1 heterocycles. The van der Waals surface area contributed by atoms with E-state index in [2.05, 4.69) is 10.4 Å². The molecule has 3 aromatic rings. The van der Waals surface area contributed by atoms with Crippen LogP contribution in [0.2, 0.25) is 0 Å². The number of aryl methyl sites for hydroxylation is 1. The fourth-order valence-corrected chi connectivity index (χ4v) is 4.00. The number of sulfone groups is 1. The first kappa shape index (κ1) is 23.6. The van der Waals surface area contributed by atoms with Gasteiger partial charge in [0.2, 0.25) is 5.43 Å². The number of ether oxygens (including phenoxy) is 1. The summed E-state index contributed by atoms with van der Waals surface area (Å²) >= 11 is 0. The second-order valence-electron chi connectivity index (χ2n) is 7.00. The highest BCUT2D eigenvalue weighted by Gasteiger charge is 2.32. The highest BCUT2D eigenvalue weighted by molar-refractivity contribution is 7.91. The molecular formula is C21H22F3N3O4S.